The van der Waals surface area contributed by atoms with E-state index in [0.29, 0.717) is 30.9 Å². The van der Waals surface area contributed by atoms with Gasteiger partial charge in [0.25, 0.3) is 10.0 Å². The minimum atomic E-state index is -3.70. The molecule has 0 unspecified atom stereocenters. The summed E-state index contributed by atoms with van der Waals surface area (Å²) in [6.45, 7) is 6.69. The maximum atomic E-state index is 13.1. The second-order valence-corrected chi connectivity index (χ2v) is 11.3. The van der Waals surface area contributed by atoms with Crippen LogP contribution in [0.15, 0.2) is 57.8 Å². The first kappa shape index (κ1) is 23.1. The Morgan fingerprint density at radius 1 is 1.00 bits per heavy atom. The summed E-state index contributed by atoms with van der Waals surface area (Å²) in [6, 6.07) is 14.9. The fourth-order valence-corrected chi connectivity index (χ4v) is 6.35. The lowest BCUT2D eigenvalue weighted by Crippen LogP contribution is -2.45. The number of hydrogen-bond donors (Lipinski definition) is 1. The van der Waals surface area contributed by atoms with Gasteiger partial charge in [-0.2, -0.15) is 8.42 Å². The first-order chi connectivity index (χ1) is 16.4. The number of hydrogen-bond acceptors (Lipinski definition) is 5. The van der Waals surface area contributed by atoms with Gasteiger partial charge in [0.15, 0.2) is 5.84 Å². The normalized spacial score (nSPS) is 22.4. The van der Waals surface area contributed by atoms with Gasteiger partial charge in [-0.15, -0.1) is 4.40 Å². The molecule has 1 N–H and O–H groups in total. The van der Waals surface area contributed by atoms with Gasteiger partial charge in [0.05, 0.1) is 0 Å². The number of carbonyl (C=O) groups is 1. The third-order valence-electron chi connectivity index (χ3n) is 7.21. The number of benzene rings is 2. The molecule has 2 aromatic carbocycles. The molecule has 2 saturated heterocycles. The molecule has 0 bridgehead atoms. The summed E-state index contributed by atoms with van der Waals surface area (Å²) in [5, 5.41) is 3.05. The van der Waals surface area contributed by atoms with Crippen LogP contribution in [0.4, 0.5) is 0 Å². The zero-order valence-corrected chi connectivity index (χ0v) is 20.4. The first-order valence-electron chi connectivity index (χ1n) is 12.2. The third-order valence-corrected chi connectivity index (χ3v) is 8.54. The van der Waals surface area contributed by atoms with Crippen molar-refractivity contribution >= 4 is 21.8 Å². The van der Waals surface area contributed by atoms with Gasteiger partial charge in [0.2, 0.25) is 5.91 Å². The van der Waals surface area contributed by atoms with Gasteiger partial charge in [0.1, 0.15) is 10.9 Å². The monoisotopic (exact) mass is 480 g/mol. The molecule has 34 heavy (non-hydrogen) atoms. The topological polar surface area (TPSA) is 82.1 Å². The summed E-state index contributed by atoms with van der Waals surface area (Å²) < 4.78 is 28.9. The van der Waals surface area contributed by atoms with E-state index in [2.05, 4.69) is 45.8 Å². The lowest BCUT2D eigenvalue weighted by molar-refractivity contribution is -0.124. The Morgan fingerprint density at radius 2 is 1.71 bits per heavy atom. The molecule has 3 aliphatic rings. The molecule has 180 valence electrons. The fraction of sp³-hybridized carbons (Fsp3) is 0.462. The van der Waals surface area contributed by atoms with Crippen LogP contribution in [0.2, 0.25) is 0 Å². The Hall–Kier alpha value is -2.71. The Balaban J connectivity index is 1.20. The minimum Gasteiger partial charge on any atom is -0.350 e. The average molecular weight is 481 g/mol. The summed E-state index contributed by atoms with van der Waals surface area (Å²) in [4.78, 5) is 17.6. The van der Waals surface area contributed by atoms with E-state index in [1.165, 1.54) is 18.4 Å². The number of amides is 1. The molecular formula is C26H32N4O3S. The number of fused-ring (bicyclic) bond motifs is 1. The Labute approximate surface area is 201 Å². The lowest BCUT2D eigenvalue weighted by atomic mass is 9.99. The van der Waals surface area contributed by atoms with Crippen LogP contribution in [0.1, 0.15) is 49.3 Å². The van der Waals surface area contributed by atoms with Gasteiger partial charge in [0, 0.05) is 25.2 Å². The van der Waals surface area contributed by atoms with Crippen molar-refractivity contribution in [3.8, 4) is 0 Å². The van der Waals surface area contributed by atoms with Crippen LogP contribution in [0.3, 0.4) is 0 Å². The molecular weight excluding hydrogens is 448 g/mol. The molecule has 1 amide bonds. The molecule has 0 saturated carbocycles. The molecule has 0 aliphatic carbocycles. The van der Waals surface area contributed by atoms with Crippen molar-refractivity contribution in [1.82, 2.24) is 15.1 Å². The van der Waals surface area contributed by atoms with Crippen molar-refractivity contribution in [3.05, 3.63) is 65.2 Å². The van der Waals surface area contributed by atoms with Crippen molar-refractivity contribution in [1.29, 1.82) is 0 Å². The minimum absolute atomic E-state index is 0.0894. The molecule has 0 spiro atoms. The molecule has 3 heterocycles. The second kappa shape index (κ2) is 9.50. The predicted molar refractivity (Wildman–Crippen MR) is 132 cm³/mol. The number of piperidine rings is 1. The smallest absolute Gasteiger partial charge is 0.285 e. The van der Waals surface area contributed by atoms with E-state index in [9.17, 15) is 13.2 Å². The van der Waals surface area contributed by atoms with Crippen molar-refractivity contribution in [2.24, 2.45) is 10.3 Å². The predicted octanol–water partition coefficient (Wildman–Crippen LogP) is 3.15. The average Bonchev–Trinajstić information content (AvgIpc) is 3.43. The summed E-state index contributed by atoms with van der Waals surface area (Å²) in [5.74, 6) is 1.14. The van der Waals surface area contributed by atoms with Crippen molar-refractivity contribution < 1.29 is 13.2 Å². The highest BCUT2D eigenvalue weighted by molar-refractivity contribution is 7.90. The van der Waals surface area contributed by atoms with E-state index >= 15 is 0 Å². The Morgan fingerprint density at radius 3 is 2.47 bits per heavy atom. The second-order valence-electron chi connectivity index (χ2n) is 9.73. The molecule has 7 nitrogen and oxygen atoms in total. The molecule has 2 fully saturated rings. The van der Waals surface area contributed by atoms with E-state index in [-0.39, 0.29) is 10.8 Å². The zero-order valence-electron chi connectivity index (χ0n) is 19.6. The van der Waals surface area contributed by atoms with Crippen LogP contribution < -0.4 is 5.32 Å². The molecule has 2 aromatic rings. The highest BCUT2D eigenvalue weighted by Crippen LogP contribution is 2.31. The molecule has 0 aromatic heterocycles. The van der Waals surface area contributed by atoms with Crippen LogP contribution in [-0.2, 0) is 27.9 Å². The summed E-state index contributed by atoms with van der Waals surface area (Å²) >= 11 is 0. The van der Waals surface area contributed by atoms with E-state index in [4.69, 9.17) is 0 Å². The molecule has 5 rings (SSSR count). The largest absolute Gasteiger partial charge is 0.350 e. The molecule has 8 heteroatoms. The van der Waals surface area contributed by atoms with E-state index in [1.54, 1.807) is 24.3 Å². The van der Waals surface area contributed by atoms with Crippen LogP contribution in [-0.4, -0.2) is 55.6 Å². The third kappa shape index (κ3) is 4.74. The number of carbonyl (C=O) groups excluding carboxylic acids is 1. The highest BCUT2D eigenvalue weighted by Gasteiger charge is 2.39. The van der Waals surface area contributed by atoms with Crippen molar-refractivity contribution in [2.45, 2.75) is 56.6 Å². The van der Waals surface area contributed by atoms with E-state index < -0.39 is 16.1 Å². The maximum absolute atomic E-state index is 13.1. The first-order valence-corrected chi connectivity index (χ1v) is 13.6. The quantitative estimate of drug-likeness (QED) is 0.711. The Kier molecular flexibility index (Phi) is 6.44. The fourth-order valence-electron chi connectivity index (χ4n) is 5.14. The number of rotatable bonds is 5. The molecule has 1 atom stereocenters. The zero-order chi connectivity index (χ0) is 23.7. The Bertz CT molecular complexity index is 1180. The van der Waals surface area contributed by atoms with E-state index in [0.717, 1.165) is 37.5 Å². The van der Waals surface area contributed by atoms with Crippen LogP contribution >= 0.6 is 0 Å². The number of sulfonamides is 1. The van der Waals surface area contributed by atoms with Crippen LogP contribution in [0.25, 0.3) is 0 Å². The van der Waals surface area contributed by atoms with Gasteiger partial charge < -0.3 is 10.2 Å². The van der Waals surface area contributed by atoms with Gasteiger partial charge in [-0.1, -0.05) is 43.3 Å². The van der Waals surface area contributed by atoms with Gasteiger partial charge >= 0.3 is 0 Å². The van der Waals surface area contributed by atoms with Crippen LogP contribution in [0, 0.1) is 5.92 Å². The number of likely N-dealkylation sites (tertiary alicyclic amines) is 2. The van der Waals surface area contributed by atoms with Gasteiger partial charge in [-0.3, -0.25) is 9.69 Å². The van der Waals surface area contributed by atoms with Crippen LogP contribution in [0.5, 0.6) is 0 Å². The standard InChI is InChI=1S/C26H32N4O3S/c1-19-12-15-29(16-13-19)18-21-10-8-20(9-11-21)17-27-26(31)23-6-4-14-30(23)25-22-5-2-3-7-24(22)34(32,33)28-25/h2-3,5,7-11,19,23H,4,6,12-18H2,1H3,(H,27,31)/t23-/m0/s1. The highest BCUT2D eigenvalue weighted by atomic mass is 32.2. The van der Waals surface area contributed by atoms with Gasteiger partial charge in [-0.25, -0.2) is 0 Å². The number of amidine groups is 1. The number of nitrogens with one attached hydrogen (secondary N) is 1. The summed E-state index contributed by atoms with van der Waals surface area (Å²) in [7, 11) is -3.70. The SMILES string of the molecule is CC1CCN(Cc2ccc(CNC(=O)[C@@H]3CCCN3C3=NS(=O)(=O)c4ccccc43)cc2)CC1. The maximum Gasteiger partial charge on any atom is 0.285 e. The summed E-state index contributed by atoms with van der Waals surface area (Å²) in [6.07, 6.45) is 4.04. The van der Waals surface area contributed by atoms with Crippen molar-refractivity contribution in [2.75, 3.05) is 19.6 Å². The molecule has 3 aliphatic heterocycles. The van der Waals surface area contributed by atoms with Crippen molar-refractivity contribution in [3.63, 3.8) is 0 Å². The number of nitrogens with zero attached hydrogens (tertiary/aromatic N) is 3. The lowest BCUT2D eigenvalue weighted by Gasteiger charge is -2.30. The molecule has 0 radical (unpaired) electrons. The van der Waals surface area contributed by atoms with E-state index in [1.807, 2.05) is 4.90 Å². The van der Waals surface area contributed by atoms with Gasteiger partial charge in [-0.05, 0) is 68.0 Å². The summed E-state index contributed by atoms with van der Waals surface area (Å²) in [5.41, 5.74) is 2.94.